The van der Waals surface area contributed by atoms with Crippen molar-refractivity contribution < 1.29 is 4.79 Å². The maximum Gasteiger partial charge on any atom is 0.256 e. The van der Waals surface area contributed by atoms with Crippen molar-refractivity contribution >= 4 is 49.1 Å². The van der Waals surface area contributed by atoms with E-state index in [4.69, 9.17) is 0 Å². The Morgan fingerprint density at radius 1 is 1.62 bits per heavy atom. The molecule has 0 spiro atoms. The minimum absolute atomic E-state index is 0.114. The van der Waals surface area contributed by atoms with Gasteiger partial charge in [-0.15, -0.1) is 11.3 Å². The summed E-state index contributed by atoms with van der Waals surface area (Å²) in [5.41, 5.74) is 0.755. The average molecular weight is 368 g/mol. The van der Waals surface area contributed by atoms with Crippen molar-refractivity contribution in [2.75, 3.05) is 19.6 Å². The zero-order valence-electron chi connectivity index (χ0n) is 8.80. The van der Waals surface area contributed by atoms with Crippen LogP contribution in [-0.2, 0) is 0 Å². The van der Waals surface area contributed by atoms with E-state index < -0.39 is 0 Å². The van der Waals surface area contributed by atoms with E-state index in [2.05, 4.69) is 44.1 Å². The first kappa shape index (κ1) is 12.5. The van der Waals surface area contributed by atoms with Crippen molar-refractivity contribution in [1.29, 1.82) is 0 Å². The summed E-state index contributed by atoms with van der Waals surface area (Å²) in [6.45, 7) is 4.59. The summed E-state index contributed by atoms with van der Waals surface area (Å²) >= 11 is 8.36. The summed E-state index contributed by atoms with van der Waals surface area (Å²) in [5, 5.41) is 3.28. The number of nitrogens with zero attached hydrogens (tertiary/aromatic N) is 1. The number of amides is 1. The summed E-state index contributed by atoms with van der Waals surface area (Å²) in [6, 6.07) is 2.14. The molecule has 3 nitrogen and oxygen atoms in total. The third kappa shape index (κ3) is 2.50. The Hall–Kier alpha value is 0.0900. The van der Waals surface area contributed by atoms with Gasteiger partial charge in [0, 0.05) is 25.7 Å². The van der Waals surface area contributed by atoms with Gasteiger partial charge in [-0.05, 0) is 44.8 Å². The number of thiophene rings is 1. The minimum atomic E-state index is 0.114. The Morgan fingerprint density at radius 2 is 2.38 bits per heavy atom. The lowest BCUT2D eigenvalue weighted by Crippen LogP contribution is -2.52. The van der Waals surface area contributed by atoms with Gasteiger partial charge in [0.25, 0.3) is 5.91 Å². The van der Waals surface area contributed by atoms with Crippen molar-refractivity contribution in [3.8, 4) is 0 Å². The van der Waals surface area contributed by atoms with Gasteiger partial charge in [-0.3, -0.25) is 4.79 Å². The molecule has 88 valence electrons. The van der Waals surface area contributed by atoms with Crippen LogP contribution in [0.2, 0.25) is 0 Å². The molecule has 1 amide bonds. The molecule has 1 aliphatic rings. The maximum atomic E-state index is 12.3. The second kappa shape index (κ2) is 5.16. The lowest BCUT2D eigenvalue weighted by Gasteiger charge is -2.33. The molecule has 0 radical (unpaired) electrons. The maximum absolute atomic E-state index is 12.3. The highest BCUT2D eigenvalue weighted by atomic mass is 79.9. The first-order chi connectivity index (χ1) is 7.59. The zero-order chi connectivity index (χ0) is 11.7. The molecule has 16 heavy (non-hydrogen) atoms. The van der Waals surface area contributed by atoms with Crippen molar-refractivity contribution in [3.05, 3.63) is 19.2 Å². The lowest BCUT2D eigenvalue weighted by atomic mass is 10.2. The largest absolute Gasteiger partial charge is 0.333 e. The van der Waals surface area contributed by atoms with Crippen LogP contribution in [0.1, 0.15) is 17.3 Å². The third-order valence-corrected chi connectivity index (χ3v) is 4.99. The van der Waals surface area contributed by atoms with Crippen molar-refractivity contribution in [2.45, 2.75) is 13.0 Å². The molecular formula is C10H12Br2N2OS. The van der Waals surface area contributed by atoms with Gasteiger partial charge < -0.3 is 10.2 Å². The predicted molar refractivity (Wildman–Crippen MR) is 73.1 cm³/mol. The van der Waals surface area contributed by atoms with Gasteiger partial charge in [-0.1, -0.05) is 0 Å². The van der Waals surface area contributed by atoms with Gasteiger partial charge in [0.2, 0.25) is 0 Å². The van der Waals surface area contributed by atoms with Crippen LogP contribution in [0.25, 0.3) is 0 Å². The fraction of sp³-hybridized carbons (Fsp3) is 0.500. The Morgan fingerprint density at radius 3 is 2.94 bits per heavy atom. The highest BCUT2D eigenvalue weighted by Crippen LogP contribution is 2.32. The highest BCUT2D eigenvalue weighted by Gasteiger charge is 2.26. The number of hydrogen-bond donors (Lipinski definition) is 1. The van der Waals surface area contributed by atoms with Crippen LogP contribution < -0.4 is 5.32 Å². The summed E-state index contributed by atoms with van der Waals surface area (Å²) in [4.78, 5) is 14.2. The molecule has 1 aliphatic heterocycles. The molecule has 0 saturated carbocycles. The molecule has 2 rings (SSSR count). The fourth-order valence-corrected chi connectivity index (χ4v) is 4.56. The second-order valence-electron chi connectivity index (χ2n) is 3.79. The number of rotatable bonds is 1. The normalized spacial score (nSPS) is 21.2. The lowest BCUT2D eigenvalue weighted by molar-refractivity contribution is 0.0655. The molecule has 0 bridgehead atoms. The van der Waals surface area contributed by atoms with Crippen LogP contribution in [0.3, 0.4) is 0 Å². The van der Waals surface area contributed by atoms with E-state index in [9.17, 15) is 4.79 Å². The van der Waals surface area contributed by atoms with Gasteiger partial charge in [0.15, 0.2) is 0 Å². The van der Waals surface area contributed by atoms with Crippen LogP contribution in [0.5, 0.6) is 0 Å². The quantitative estimate of drug-likeness (QED) is 0.827. The van der Waals surface area contributed by atoms with E-state index >= 15 is 0 Å². The summed E-state index contributed by atoms with van der Waals surface area (Å²) in [6.07, 6.45) is 0. The molecule has 1 saturated heterocycles. The number of carbonyl (C=O) groups excluding carboxylic acids is 1. The molecule has 2 heterocycles. The van der Waals surface area contributed by atoms with E-state index in [0.717, 1.165) is 32.8 Å². The second-order valence-corrected chi connectivity index (χ2v) is 7.54. The highest BCUT2D eigenvalue weighted by molar-refractivity contribution is 9.12. The monoisotopic (exact) mass is 366 g/mol. The predicted octanol–water partition coefficient (Wildman–Crippen LogP) is 2.71. The molecule has 1 aromatic heterocycles. The Balaban J connectivity index is 2.21. The number of hydrogen-bond acceptors (Lipinski definition) is 3. The standard InChI is InChI=1S/C10H12Br2N2OS/c1-6-5-13-2-3-14(6)10(15)7-4-8(11)16-9(7)12/h4,6,13H,2-3,5H2,1H3. The topological polar surface area (TPSA) is 32.3 Å². The Bertz CT molecular complexity index is 408. The molecule has 1 fully saturated rings. The molecule has 1 atom stereocenters. The number of nitrogens with one attached hydrogen (secondary N) is 1. The van der Waals surface area contributed by atoms with Crippen molar-refractivity contribution in [2.24, 2.45) is 0 Å². The first-order valence-corrected chi connectivity index (χ1v) is 7.46. The first-order valence-electron chi connectivity index (χ1n) is 5.06. The molecule has 6 heteroatoms. The van der Waals surface area contributed by atoms with Crippen LogP contribution in [0.15, 0.2) is 13.6 Å². The van der Waals surface area contributed by atoms with Crippen molar-refractivity contribution in [1.82, 2.24) is 10.2 Å². The average Bonchev–Trinajstić information content (AvgIpc) is 2.58. The fourth-order valence-electron chi connectivity index (χ4n) is 1.78. The SMILES string of the molecule is CC1CNCCN1C(=O)c1cc(Br)sc1Br. The van der Waals surface area contributed by atoms with Crippen LogP contribution >= 0.6 is 43.2 Å². The number of carbonyl (C=O) groups is 1. The van der Waals surface area contributed by atoms with E-state index in [1.165, 1.54) is 11.3 Å². The summed E-state index contributed by atoms with van der Waals surface area (Å²) in [5.74, 6) is 0.114. The van der Waals surface area contributed by atoms with Crippen LogP contribution in [0, 0.1) is 0 Å². The molecular weight excluding hydrogens is 356 g/mol. The smallest absolute Gasteiger partial charge is 0.256 e. The van der Waals surface area contributed by atoms with Crippen LogP contribution in [0.4, 0.5) is 0 Å². The molecule has 1 aromatic rings. The Kier molecular flexibility index (Phi) is 4.05. The molecule has 1 unspecified atom stereocenters. The summed E-state index contributed by atoms with van der Waals surface area (Å²) in [7, 11) is 0. The molecule has 0 aromatic carbocycles. The van der Waals surface area contributed by atoms with Gasteiger partial charge in [-0.25, -0.2) is 0 Å². The number of halogens is 2. The van der Waals surface area contributed by atoms with Crippen molar-refractivity contribution in [3.63, 3.8) is 0 Å². The van der Waals surface area contributed by atoms with Crippen LogP contribution in [-0.4, -0.2) is 36.5 Å². The van der Waals surface area contributed by atoms with E-state index in [-0.39, 0.29) is 11.9 Å². The minimum Gasteiger partial charge on any atom is -0.333 e. The molecule has 1 N–H and O–H groups in total. The van der Waals surface area contributed by atoms with Gasteiger partial charge >= 0.3 is 0 Å². The van der Waals surface area contributed by atoms with Gasteiger partial charge in [-0.2, -0.15) is 0 Å². The van der Waals surface area contributed by atoms with Gasteiger partial charge in [0.1, 0.15) is 0 Å². The number of piperazine rings is 1. The van der Waals surface area contributed by atoms with E-state index in [1.807, 2.05) is 11.0 Å². The van der Waals surface area contributed by atoms with Gasteiger partial charge in [0.05, 0.1) is 13.1 Å². The summed E-state index contributed by atoms with van der Waals surface area (Å²) < 4.78 is 1.88. The van der Waals surface area contributed by atoms with E-state index in [1.54, 1.807) is 0 Å². The van der Waals surface area contributed by atoms with E-state index in [0.29, 0.717) is 0 Å². The third-order valence-electron chi connectivity index (χ3n) is 2.65. The Labute approximate surface area is 115 Å². The zero-order valence-corrected chi connectivity index (χ0v) is 12.8. The molecule has 0 aliphatic carbocycles.